The lowest BCUT2D eigenvalue weighted by atomic mass is 9.81. The molecule has 4 nitrogen and oxygen atoms in total. The summed E-state index contributed by atoms with van der Waals surface area (Å²) >= 11 is 0. The van der Waals surface area contributed by atoms with Gasteiger partial charge in [0.15, 0.2) is 0 Å². The number of nitrogens with one attached hydrogen (secondary N) is 1. The minimum absolute atomic E-state index is 0.525. The van der Waals surface area contributed by atoms with E-state index >= 15 is 0 Å². The first kappa shape index (κ1) is 12.1. The van der Waals surface area contributed by atoms with Gasteiger partial charge in [0, 0.05) is 12.7 Å². The fourth-order valence-electron chi connectivity index (χ4n) is 2.54. The quantitative estimate of drug-likeness (QED) is 0.840. The third kappa shape index (κ3) is 3.58. The van der Waals surface area contributed by atoms with Crippen LogP contribution in [-0.4, -0.2) is 16.5 Å². The van der Waals surface area contributed by atoms with Crippen molar-refractivity contribution in [2.45, 2.75) is 39.0 Å². The zero-order valence-electron chi connectivity index (χ0n) is 10.5. The van der Waals surface area contributed by atoms with Gasteiger partial charge in [-0.15, -0.1) is 0 Å². The molecule has 1 aromatic rings. The van der Waals surface area contributed by atoms with Crippen molar-refractivity contribution in [1.29, 1.82) is 0 Å². The summed E-state index contributed by atoms with van der Waals surface area (Å²) < 4.78 is 0. The number of hydrogen-bond acceptors (Lipinski definition) is 4. The van der Waals surface area contributed by atoms with Crippen LogP contribution in [0.2, 0.25) is 0 Å². The number of aromatic nitrogens is 2. The number of hydrogen-bond donors (Lipinski definition) is 2. The van der Waals surface area contributed by atoms with Gasteiger partial charge in [0.1, 0.15) is 5.82 Å². The van der Waals surface area contributed by atoms with Crippen LogP contribution in [0, 0.1) is 11.8 Å². The fourth-order valence-corrected chi connectivity index (χ4v) is 2.54. The van der Waals surface area contributed by atoms with Gasteiger partial charge in [0.25, 0.3) is 0 Å². The number of nitrogens with two attached hydrogens (primary N) is 1. The van der Waals surface area contributed by atoms with E-state index in [1.54, 1.807) is 12.3 Å². The van der Waals surface area contributed by atoms with E-state index in [0.717, 1.165) is 18.4 Å². The third-order valence-electron chi connectivity index (χ3n) is 3.77. The molecule has 0 radical (unpaired) electrons. The minimum atomic E-state index is 0.525. The van der Waals surface area contributed by atoms with E-state index in [0.29, 0.717) is 11.8 Å². The molecule has 1 saturated carbocycles. The van der Waals surface area contributed by atoms with E-state index in [4.69, 9.17) is 5.73 Å². The zero-order valence-corrected chi connectivity index (χ0v) is 10.5. The molecule has 0 aromatic carbocycles. The highest BCUT2D eigenvalue weighted by Crippen LogP contribution is 2.30. The van der Waals surface area contributed by atoms with Crippen molar-refractivity contribution < 1.29 is 0 Å². The van der Waals surface area contributed by atoms with E-state index in [2.05, 4.69) is 22.2 Å². The summed E-state index contributed by atoms with van der Waals surface area (Å²) in [6.07, 6.45) is 8.43. The Morgan fingerprint density at radius 1 is 1.29 bits per heavy atom. The first-order valence-corrected chi connectivity index (χ1v) is 6.60. The monoisotopic (exact) mass is 234 g/mol. The maximum atomic E-state index is 5.61. The van der Waals surface area contributed by atoms with Crippen LogP contribution in [0.4, 0.5) is 11.8 Å². The van der Waals surface area contributed by atoms with E-state index in [1.807, 2.05) is 0 Å². The molecule has 0 spiro atoms. The van der Waals surface area contributed by atoms with Crippen LogP contribution in [-0.2, 0) is 0 Å². The Balaban J connectivity index is 1.76. The molecule has 1 fully saturated rings. The van der Waals surface area contributed by atoms with Gasteiger partial charge < -0.3 is 11.1 Å². The molecule has 0 unspecified atom stereocenters. The average molecular weight is 234 g/mol. The molecule has 1 aliphatic carbocycles. The Labute approximate surface area is 103 Å². The van der Waals surface area contributed by atoms with Gasteiger partial charge in [-0.1, -0.05) is 26.2 Å². The third-order valence-corrected chi connectivity index (χ3v) is 3.77. The number of nitrogen functional groups attached to an aromatic ring is 1. The van der Waals surface area contributed by atoms with Crippen molar-refractivity contribution in [2.24, 2.45) is 11.8 Å². The lowest BCUT2D eigenvalue weighted by Gasteiger charge is -2.27. The van der Waals surface area contributed by atoms with Crippen LogP contribution in [0.5, 0.6) is 0 Å². The van der Waals surface area contributed by atoms with E-state index in [9.17, 15) is 0 Å². The van der Waals surface area contributed by atoms with Gasteiger partial charge in [-0.3, -0.25) is 0 Å². The lowest BCUT2D eigenvalue weighted by molar-refractivity contribution is 0.278. The van der Waals surface area contributed by atoms with Crippen LogP contribution in [0.1, 0.15) is 39.0 Å². The fraction of sp³-hybridized carbons (Fsp3) is 0.692. The summed E-state index contributed by atoms with van der Waals surface area (Å²) in [6.45, 7) is 3.27. The lowest BCUT2D eigenvalue weighted by Crippen LogP contribution is -2.21. The number of anilines is 2. The number of rotatable bonds is 4. The average Bonchev–Trinajstić information content (AvgIpc) is 2.37. The highest BCUT2D eigenvalue weighted by Gasteiger charge is 2.19. The molecule has 0 atom stereocenters. The molecule has 17 heavy (non-hydrogen) atoms. The smallest absolute Gasteiger partial charge is 0.224 e. The normalized spacial score (nSPS) is 24.5. The predicted octanol–water partition coefficient (Wildman–Crippen LogP) is 2.69. The summed E-state index contributed by atoms with van der Waals surface area (Å²) in [5.74, 6) is 2.90. The highest BCUT2D eigenvalue weighted by atomic mass is 15.1. The van der Waals surface area contributed by atoms with Gasteiger partial charge >= 0.3 is 0 Å². The molecule has 4 heteroatoms. The molecule has 1 aromatic heterocycles. The van der Waals surface area contributed by atoms with Crippen LogP contribution < -0.4 is 11.1 Å². The summed E-state index contributed by atoms with van der Waals surface area (Å²) in [7, 11) is 0. The van der Waals surface area contributed by atoms with Crippen LogP contribution in [0.3, 0.4) is 0 Å². The topological polar surface area (TPSA) is 63.8 Å². The van der Waals surface area contributed by atoms with Gasteiger partial charge in [-0.05, 0) is 30.7 Å². The predicted molar refractivity (Wildman–Crippen MR) is 70.7 cm³/mol. The Morgan fingerprint density at radius 3 is 2.65 bits per heavy atom. The van der Waals surface area contributed by atoms with Gasteiger partial charge in [-0.2, -0.15) is 4.98 Å². The largest absolute Gasteiger partial charge is 0.384 e. The van der Waals surface area contributed by atoms with Crippen molar-refractivity contribution in [3.05, 3.63) is 12.3 Å². The molecule has 2 rings (SSSR count). The Hall–Kier alpha value is -1.32. The molecule has 3 N–H and O–H groups in total. The van der Waals surface area contributed by atoms with Gasteiger partial charge in [-0.25, -0.2) is 4.98 Å². The molecular weight excluding hydrogens is 212 g/mol. The van der Waals surface area contributed by atoms with Gasteiger partial charge in [0.05, 0.1) is 0 Å². The molecule has 1 aliphatic rings. The second-order valence-corrected chi connectivity index (χ2v) is 4.98. The Bertz CT molecular complexity index is 345. The van der Waals surface area contributed by atoms with E-state index in [-0.39, 0.29) is 0 Å². The van der Waals surface area contributed by atoms with Crippen LogP contribution >= 0.6 is 0 Å². The van der Waals surface area contributed by atoms with Gasteiger partial charge in [0.2, 0.25) is 5.95 Å². The van der Waals surface area contributed by atoms with E-state index in [1.165, 1.54) is 32.1 Å². The maximum absolute atomic E-state index is 5.61. The first-order chi connectivity index (χ1) is 8.28. The second-order valence-electron chi connectivity index (χ2n) is 4.98. The summed E-state index contributed by atoms with van der Waals surface area (Å²) in [4.78, 5) is 8.30. The van der Waals surface area contributed by atoms with Crippen molar-refractivity contribution in [3.8, 4) is 0 Å². The second kappa shape index (κ2) is 5.84. The summed E-state index contributed by atoms with van der Waals surface area (Å²) in [6, 6.07) is 1.71. The summed E-state index contributed by atoms with van der Waals surface area (Å²) in [5.41, 5.74) is 5.61. The van der Waals surface area contributed by atoms with Crippen molar-refractivity contribution in [1.82, 2.24) is 9.97 Å². The molecule has 0 saturated heterocycles. The molecule has 94 valence electrons. The van der Waals surface area contributed by atoms with Crippen molar-refractivity contribution in [2.75, 3.05) is 17.6 Å². The maximum Gasteiger partial charge on any atom is 0.224 e. The standard InChI is InChI=1S/C13H22N4/c1-2-10-3-5-11(6-4-10)9-16-13-15-8-7-12(14)17-13/h7-8,10-11H,2-6,9H2,1H3,(H3,14,15,16,17). The SMILES string of the molecule is CCC1CCC(CNc2nccc(N)n2)CC1. The Morgan fingerprint density at radius 2 is 2.00 bits per heavy atom. The molecule has 0 bridgehead atoms. The first-order valence-electron chi connectivity index (χ1n) is 6.60. The van der Waals surface area contributed by atoms with Crippen LogP contribution in [0.15, 0.2) is 12.3 Å². The number of nitrogens with zero attached hydrogens (tertiary/aromatic N) is 2. The molecule has 0 amide bonds. The summed E-state index contributed by atoms with van der Waals surface area (Å²) in [5, 5.41) is 3.29. The van der Waals surface area contributed by atoms with Crippen molar-refractivity contribution >= 4 is 11.8 Å². The Kier molecular flexibility index (Phi) is 4.18. The molecule has 1 heterocycles. The van der Waals surface area contributed by atoms with E-state index < -0.39 is 0 Å². The molecule has 0 aliphatic heterocycles. The zero-order chi connectivity index (χ0) is 12.1. The van der Waals surface area contributed by atoms with Crippen LogP contribution in [0.25, 0.3) is 0 Å². The molecular formula is C13H22N4. The minimum Gasteiger partial charge on any atom is -0.384 e. The highest BCUT2D eigenvalue weighted by molar-refractivity contribution is 5.34. The van der Waals surface area contributed by atoms with Crippen molar-refractivity contribution in [3.63, 3.8) is 0 Å².